The number of hydrogen-bond donors (Lipinski definition) is 2. The maximum atomic E-state index is 13.2. The van der Waals surface area contributed by atoms with E-state index in [1.54, 1.807) is 12.1 Å². The lowest BCUT2D eigenvalue weighted by atomic mass is 10.0. The van der Waals surface area contributed by atoms with Gasteiger partial charge >= 0.3 is 0 Å². The number of rotatable bonds is 5. The number of fused-ring (bicyclic) bond motifs is 2. The van der Waals surface area contributed by atoms with Crippen LogP contribution in [-0.2, 0) is 0 Å². The van der Waals surface area contributed by atoms with Crippen LogP contribution >= 0.6 is 0 Å². The van der Waals surface area contributed by atoms with Crippen molar-refractivity contribution in [2.24, 2.45) is 5.73 Å². The molecule has 1 heterocycles. The van der Waals surface area contributed by atoms with Gasteiger partial charge in [0, 0.05) is 10.9 Å². The Morgan fingerprint density at radius 3 is 2.27 bits per heavy atom. The van der Waals surface area contributed by atoms with Crippen LogP contribution in [0.2, 0.25) is 0 Å². The maximum Gasteiger partial charge on any atom is 0.230 e. The van der Waals surface area contributed by atoms with E-state index in [2.05, 4.69) is 23.5 Å². The van der Waals surface area contributed by atoms with Gasteiger partial charge in [-0.25, -0.2) is 0 Å². The smallest absolute Gasteiger partial charge is 0.230 e. The fourth-order valence-corrected chi connectivity index (χ4v) is 3.82. The number of benzene rings is 4. The van der Waals surface area contributed by atoms with Gasteiger partial charge in [-0.05, 0) is 28.5 Å². The van der Waals surface area contributed by atoms with Crippen molar-refractivity contribution >= 4 is 33.2 Å². The number of hydrogen-bond acceptors (Lipinski definition) is 4. The fourth-order valence-electron chi connectivity index (χ4n) is 3.82. The Hall–Kier alpha value is -3.89. The van der Waals surface area contributed by atoms with Gasteiger partial charge in [0.05, 0.1) is 5.69 Å². The normalized spacial score (nSPS) is 12.2. The van der Waals surface area contributed by atoms with Crippen molar-refractivity contribution in [1.82, 2.24) is 0 Å². The molecule has 0 spiro atoms. The molecule has 5 aromatic rings. The molecule has 5 rings (SSSR count). The highest BCUT2D eigenvalue weighted by molar-refractivity contribution is 6.14. The predicted molar refractivity (Wildman–Crippen MR) is 121 cm³/mol. The summed E-state index contributed by atoms with van der Waals surface area (Å²) in [6, 6.07) is 30.9. The van der Waals surface area contributed by atoms with Gasteiger partial charge in [0.25, 0.3) is 0 Å². The summed E-state index contributed by atoms with van der Waals surface area (Å²) in [5, 5.41) is 6.37. The third kappa shape index (κ3) is 3.13. The first-order valence-corrected chi connectivity index (χ1v) is 9.83. The van der Waals surface area contributed by atoms with Crippen molar-refractivity contribution in [2.45, 2.75) is 6.17 Å². The van der Waals surface area contributed by atoms with E-state index in [0.717, 1.165) is 21.7 Å². The molecule has 3 N–H and O–H groups in total. The van der Waals surface area contributed by atoms with E-state index >= 15 is 0 Å². The van der Waals surface area contributed by atoms with Gasteiger partial charge in [-0.2, -0.15) is 0 Å². The molecule has 1 atom stereocenters. The number of ketones is 1. The Morgan fingerprint density at radius 2 is 1.43 bits per heavy atom. The number of nitrogens with one attached hydrogen (secondary N) is 1. The maximum absolute atomic E-state index is 13.2. The first kappa shape index (κ1) is 18.2. The van der Waals surface area contributed by atoms with E-state index in [9.17, 15) is 4.79 Å². The molecular weight excluding hydrogens is 372 g/mol. The SMILES string of the molecule is NC(Nc1c(C(=O)c2ccccc2)oc2ccccc12)c1cccc2ccccc12. The van der Waals surface area contributed by atoms with Crippen LogP contribution < -0.4 is 11.1 Å². The van der Waals surface area contributed by atoms with Crippen molar-refractivity contribution in [3.8, 4) is 0 Å². The van der Waals surface area contributed by atoms with E-state index in [-0.39, 0.29) is 11.5 Å². The molecule has 4 aromatic carbocycles. The molecule has 1 aromatic heterocycles. The fraction of sp³-hybridized carbons (Fsp3) is 0.0385. The van der Waals surface area contributed by atoms with Crippen LogP contribution in [0.5, 0.6) is 0 Å². The lowest BCUT2D eigenvalue weighted by Crippen LogP contribution is -2.21. The van der Waals surface area contributed by atoms with Crippen molar-refractivity contribution in [2.75, 3.05) is 5.32 Å². The Morgan fingerprint density at radius 1 is 0.767 bits per heavy atom. The highest BCUT2D eigenvalue weighted by atomic mass is 16.3. The van der Waals surface area contributed by atoms with Gasteiger partial charge in [0.15, 0.2) is 5.76 Å². The average molecular weight is 392 g/mol. The van der Waals surface area contributed by atoms with Crippen LogP contribution in [0.1, 0.15) is 27.8 Å². The molecule has 0 saturated heterocycles. The molecule has 30 heavy (non-hydrogen) atoms. The van der Waals surface area contributed by atoms with Crippen molar-refractivity contribution in [3.05, 3.63) is 114 Å². The number of para-hydroxylation sites is 1. The topological polar surface area (TPSA) is 68.3 Å². The van der Waals surface area contributed by atoms with Crippen LogP contribution in [0.4, 0.5) is 5.69 Å². The Bertz CT molecular complexity index is 1350. The van der Waals surface area contributed by atoms with Gasteiger partial charge in [-0.15, -0.1) is 0 Å². The second-order valence-corrected chi connectivity index (χ2v) is 7.19. The zero-order chi connectivity index (χ0) is 20.5. The zero-order valence-electron chi connectivity index (χ0n) is 16.2. The molecule has 0 fully saturated rings. The molecule has 0 bridgehead atoms. The third-order valence-corrected chi connectivity index (χ3v) is 5.30. The van der Waals surface area contributed by atoms with E-state index in [1.807, 2.05) is 66.7 Å². The molecule has 4 heteroatoms. The molecule has 0 aliphatic rings. The molecule has 0 aliphatic heterocycles. The van der Waals surface area contributed by atoms with E-state index < -0.39 is 6.17 Å². The van der Waals surface area contributed by atoms with Gasteiger partial charge < -0.3 is 15.5 Å². The van der Waals surface area contributed by atoms with Crippen LogP contribution in [0, 0.1) is 0 Å². The molecular formula is C26H20N2O2. The average Bonchev–Trinajstić information content (AvgIpc) is 3.17. The third-order valence-electron chi connectivity index (χ3n) is 5.30. The second-order valence-electron chi connectivity index (χ2n) is 7.19. The van der Waals surface area contributed by atoms with Gasteiger partial charge in [-0.3, -0.25) is 4.79 Å². The second kappa shape index (κ2) is 7.50. The Balaban J connectivity index is 1.60. The summed E-state index contributed by atoms with van der Waals surface area (Å²) in [6.45, 7) is 0. The number of nitrogens with two attached hydrogens (primary N) is 1. The summed E-state index contributed by atoms with van der Waals surface area (Å²) in [6.07, 6.45) is -0.514. The Kier molecular flexibility index (Phi) is 4.54. The minimum absolute atomic E-state index is 0.181. The summed E-state index contributed by atoms with van der Waals surface area (Å²) >= 11 is 0. The van der Waals surface area contributed by atoms with E-state index in [1.165, 1.54) is 0 Å². The highest BCUT2D eigenvalue weighted by Gasteiger charge is 2.23. The lowest BCUT2D eigenvalue weighted by Gasteiger charge is -2.18. The lowest BCUT2D eigenvalue weighted by molar-refractivity contribution is 0.101. The van der Waals surface area contributed by atoms with Crippen LogP contribution in [-0.4, -0.2) is 5.78 Å². The van der Waals surface area contributed by atoms with Gasteiger partial charge in [0.2, 0.25) is 5.78 Å². The Labute approximate surface area is 173 Å². The monoisotopic (exact) mass is 392 g/mol. The molecule has 1 unspecified atom stereocenters. The number of carbonyl (C=O) groups is 1. The molecule has 0 saturated carbocycles. The number of carbonyl (C=O) groups excluding carboxylic acids is 1. The van der Waals surface area contributed by atoms with Crippen molar-refractivity contribution in [3.63, 3.8) is 0 Å². The minimum atomic E-state index is -0.514. The number of furan rings is 1. The minimum Gasteiger partial charge on any atom is -0.450 e. The van der Waals surface area contributed by atoms with Gasteiger partial charge in [0.1, 0.15) is 11.7 Å². The summed E-state index contributed by atoms with van der Waals surface area (Å²) in [4.78, 5) is 13.2. The first-order chi connectivity index (χ1) is 14.7. The molecule has 0 amide bonds. The molecule has 0 radical (unpaired) electrons. The molecule has 146 valence electrons. The van der Waals surface area contributed by atoms with Crippen LogP contribution in [0.15, 0.2) is 101 Å². The molecule has 0 aliphatic carbocycles. The van der Waals surface area contributed by atoms with Crippen LogP contribution in [0.3, 0.4) is 0 Å². The highest BCUT2D eigenvalue weighted by Crippen LogP contribution is 2.35. The summed E-state index contributed by atoms with van der Waals surface area (Å²) < 4.78 is 5.97. The molecule has 4 nitrogen and oxygen atoms in total. The van der Waals surface area contributed by atoms with Crippen molar-refractivity contribution < 1.29 is 9.21 Å². The quantitative estimate of drug-likeness (QED) is 0.289. The van der Waals surface area contributed by atoms with Crippen molar-refractivity contribution in [1.29, 1.82) is 0 Å². The standard InChI is InChI=1S/C26H20N2O2/c27-26(20-15-8-12-17-9-4-5-13-19(17)20)28-23-21-14-6-7-16-22(21)30-25(23)24(29)18-10-2-1-3-11-18/h1-16,26,28H,27H2. The first-order valence-electron chi connectivity index (χ1n) is 9.83. The summed E-state index contributed by atoms with van der Waals surface area (Å²) in [5.41, 5.74) is 9.36. The van der Waals surface area contributed by atoms with Gasteiger partial charge in [-0.1, -0.05) is 84.9 Å². The largest absolute Gasteiger partial charge is 0.450 e. The van der Waals surface area contributed by atoms with Crippen LogP contribution in [0.25, 0.3) is 21.7 Å². The predicted octanol–water partition coefficient (Wildman–Crippen LogP) is 5.89. The van der Waals surface area contributed by atoms with E-state index in [0.29, 0.717) is 16.8 Å². The zero-order valence-corrected chi connectivity index (χ0v) is 16.2. The summed E-state index contributed by atoms with van der Waals surface area (Å²) in [5.74, 6) is 0.0810. The van der Waals surface area contributed by atoms with E-state index in [4.69, 9.17) is 10.2 Å². The summed E-state index contributed by atoms with van der Waals surface area (Å²) in [7, 11) is 0. The number of anilines is 1.